The van der Waals surface area contributed by atoms with E-state index in [1.165, 1.54) is 58.5 Å². The zero-order valence-corrected chi connectivity index (χ0v) is 13.4. The van der Waals surface area contributed by atoms with E-state index in [0.717, 1.165) is 19.3 Å². The van der Waals surface area contributed by atoms with Crippen LogP contribution in [-0.4, -0.2) is 25.3 Å². The van der Waals surface area contributed by atoms with Crippen LogP contribution in [0.3, 0.4) is 0 Å². The van der Waals surface area contributed by atoms with Crippen molar-refractivity contribution < 1.29 is 14.3 Å². The fourth-order valence-electron chi connectivity index (χ4n) is 2.94. The summed E-state index contributed by atoms with van der Waals surface area (Å²) in [5, 5.41) is 0. The van der Waals surface area contributed by atoms with Crippen LogP contribution in [0.2, 0.25) is 0 Å². The third kappa shape index (κ3) is 7.88. The van der Waals surface area contributed by atoms with Crippen molar-refractivity contribution in [1.82, 2.24) is 0 Å². The lowest BCUT2D eigenvalue weighted by Crippen LogP contribution is -2.29. The molecule has 20 heavy (non-hydrogen) atoms. The molecule has 1 aliphatic rings. The molecule has 1 fully saturated rings. The Kier molecular flexibility index (Phi) is 9.73. The number of esters is 1. The molecule has 2 atom stereocenters. The molecule has 0 spiro atoms. The molecule has 0 N–H and O–H groups in total. The Morgan fingerprint density at radius 3 is 2.40 bits per heavy atom. The van der Waals surface area contributed by atoms with Crippen molar-refractivity contribution in [3.8, 4) is 0 Å². The summed E-state index contributed by atoms with van der Waals surface area (Å²) in [5.74, 6) is -0.147. The molecule has 0 radical (unpaired) electrons. The minimum absolute atomic E-state index is 0.0887. The summed E-state index contributed by atoms with van der Waals surface area (Å²) in [6, 6.07) is 0. The Bertz CT molecular complexity index is 253. The molecular formula is C17H32O3. The van der Waals surface area contributed by atoms with Gasteiger partial charge in [-0.3, -0.25) is 4.79 Å². The smallest absolute Gasteiger partial charge is 0.308 e. The quantitative estimate of drug-likeness (QED) is 0.433. The lowest BCUT2D eigenvalue weighted by Gasteiger charge is -2.29. The van der Waals surface area contributed by atoms with Gasteiger partial charge in [0.15, 0.2) is 0 Å². The summed E-state index contributed by atoms with van der Waals surface area (Å²) in [5.41, 5.74) is 0. The summed E-state index contributed by atoms with van der Waals surface area (Å²) in [6.45, 7) is 2.26. The average Bonchev–Trinajstić information content (AvgIpc) is 2.46. The Labute approximate surface area is 124 Å². The molecule has 1 heterocycles. The number of rotatable bonds is 10. The van der Waals surface area contributed by atoms with E-state index in [2.05, 4.69) is 6.92 Å². The lowest BCUT2D eigenvalue weighted by molar-refractivity contribution is -0.147. The Balaban J connectivity index is 2.04. The van der Waals surface area contributed by atoms with Gasteiger partial charge in [-0.05, 0) is 25.7 Å². The van der Waals surface area contributed by atoms with Crippen molar-refractivity contribution in [1.29, 1.82) is 0 Å². The second-order valence-electron chi connectivity index (χ2n) is 6.00. The maximum absolute atomic E-state index is 11.3. The number of carbonyl (C=O) groups excluding carboxylic acids is 1. The van der Waals surface area contributed by atoms with Crippen LogP contribution in [0.15, 0.2) is 0 Å². The van der Waals surface area contributed by atoms with Crippen molar-refractivity contribution >= 4 is 5.97 Å². The van der Waals surface area contributed by atoms with Gasteiger partial charge in [-0.2, -0.15) is 0 Å². The van der Waals surface area contributed by atoms with Gasteiger partial charge in [0.2, 0.25) is 0 Å². The highest BCUT2D eigenvalue weighted by Crippen LogP contribution is 2.25. The number of ether oxygens (including phenoxy) is 2. The molecule has 3 heteroatoms. The van der Waals surface area contributed by atoms with Gasteiger partial charge in [-0.1, -0.05) is 51.9 Å². The SMILES string of the molecule is CCCCCCCCC[C@H]1CCC[C@H](CC(=O)OC)O1. The highest BCUT2D eigenvalue weighted by molar-refractivity contribution is 5.69. The molecule has 0 bridgehead atoms. The van der Waals surface area contributed by atoms with E-state index in [1.807, 2.05) is 0 Å². The molecular weight excluding hydrogens is 252 g/mol. The third-order valence-corrected chi connectivity index (χ3v) is 4.19. The van der Waals surface area contributed by atoms with Crippen molar-refractivity contribution in [2.45, 2.75) is 96.2 Å². The highest BCUT2D eigenvalue weighted by atomic mass is 16.5. The highest BCUT2D eigenvalue weighted by Gasteiger charge is 2.24. The third-order valence-electron chi connectivity index (χ3n) is 4.19. The summed E-state index contributed by atoms with van der Waals surface area (Å²) < 4.78 is 10.7. The number of hydrogen-bond donors (Lipinski definition) is 0. The van der Waals surface area contributed by atoms with Crippen LogP contribution >= 0.6 is 0 Å². The summed E-state index contributed by atoms with van der Waals surface area (Å²) in [6.07, 6.45) is 14.8. The van der Waals surface area contributed by atoms with Crippen molar-refractivity contribution in [3.05, 3.63) is 0 Å². The average molecular weight is 284 g/mol. The van der Waals surface area contributed by atoms with Crippen LogP contribution < -0.4 is 0 Å². The van der Waals surface area contributed by atoms with E-state index in [0.29, 0.717) is 12.5 Å². The minimum atomic E-state index is -0.147. The van der Waals surface area contributed by atoms with Gasteiger partial charge in [0, 0.05) is 0 Å². The number of unbranched alkanes of at least 4 members (excludes halogenated alkanes) is 6. The predicted octanol–water partition coefficient (Wildman–Crippen LogP) is 4.63. The molecule has 0 aromatic carbocycles. The van der Waals surface area contributed by atoms with Gasteiger partial charge in [-0.15, -0.1) is 0 Å². The van der Waals surface area contributed by atoms with Gasteiger partial charge >= 0.3 is 5.97 Å². The number of hydrogen-bond acceptors (Lipinski definition) is 3. The first kappa shape index (κ1) is 17.5. The summed E-state index contributed by atoms with van der Waals surface area (Å²) in [4.78, 5) is 11.3. The molecule has 1 aliphatic heterocycles. The normalized spacial score (nSPS) is 22.7. The van der Waals surface area contributed by atoms with Crippen LogP contribution in [-0.2, 0) is 14.3 Å². The molecule has 0 amide bonds. The Hall–Kier alpha value is -0.570. The van der Waals surface area contributed by atoms with Gasteiger partial charge in [0.25, 0.3) is 0 Å². The minimum Gasteiger partial charge on any atom is -0.469 e. The largest absolute Gasteiger partial charge is 0.469 e. The lowest BCUT2D eigenvalue weighted by atomic mass is 9.98. The summed E-state index contributed by atoms with van der Waals surface area (Å²) >= 11 is 0. The molecule has 0 aromatic rings. The number of methoxy groups -OCH3 is 1. The van der Waals surface area contributed by atoms with Gasteiger partial charge in [0.05, 0.1) is 25.7 Å². The molecule has 1 saturated heterocycles. The van der Waals surface area contributed by atoms with Crippen molar-refractivity contribution in [3.63, 3.8) is 0 Å². The maximum Gasteiger partial charge on any atom is 0.308 e. The van der Waals surface area contributed by atoms with E-state index in [9.17, 15) is 4.79 Å². The van der Waals surface area contributed by atoms with Crippen LogP contribution in [0, 0.1) is 0 Å². The monoisotopic (exact) mass is 284 g/mol. The molecule has 1 rings (SSSR count). The van der Waals surface area contributed by atoms with Crippen LogP contribution in [0.25, 0.3) is 0 Å². The van der Waals surface area contributed by atoms with E-state index in [4.69, 9.17) is 9.47 Å². The van der Waals surface area contributed by atoms with E-state index < -0.39 is 0 Å². The van der Waals surface area contributed by atoms with Crippen molar-refractivity contribution in [2.24, 2.45) is 0 Å². The molecule has 118 valence electrons. The van der Waals surface area contributed by atoms with Gasteiger partial charge < -0.3 is 9.47 Å². The molecule has 3 nitrogen and oxygen atoms in total. The fraction of sp³-hybridized carbons (Fsp3) is 0.941. The topological polar surface area (TPSA) is 35.5 Å². The van der Waals surface area contributed by atoms with E-state index in [1.54, 1.807) is 0 Å². The first-order valence-electron chi connectivity index (χ1n) is 8.48. The summed E-state index contributed by atoms with van der Waals surface area (Å²) in [7, 11) is 1.45. The zero-order chi connectivity index (χ0) is 14.6. The second kappa shape index (κ2) is 11.1. The maximum atomic E-state index is 11.3. The van der Waals surface area contributed by atoms with Gasteiger partial charge in [-0.25, -0.2) is 0 Å². The standard InChI is InChI=1S/C17H32O3/c1-3-4-5-6-7-8-9-11-15-12-10-13-16(20-15)14-17(18)19-2/h15-16H,3-14H2,1-2H3/t15-,16+/m0/s1. The molecule has 0 aromatic heterocycles. The predicted molar refractivity (Wildman–Crippen MR) is 81.8 cm³/mol. The Morgan fingerprint density at radius 1 is 1.05 bits per heavy atom. The fourth-order valence-corrected chi connectivity index (χ4v) is 2.94. The Morgan fingerprint density at radius 2 is 1.70 bits per heavy atom. The van der Waals surface area contributed by atoms with E-state index >= 15 is 0 Å². The van der Waals surface area contributed by atoms with Crippen molar-refractivity contribution in [2.75, 3.05) is 7.11 Å². The second-order valence-corrected chi connectivity index (χ2v) is 6.00. The molecule has 0 aliphatic carbocycles. The molecule has 0 saturated carbocycles. The zero-order valence-electron chi connectivity index (χ0n) is 13.4. The number of carbonyl (C=O) groups is 1. The van der Waals surface area contributed by atoms with Crippen LogP contribution in [0.5, 0.6) is 0 Å². The first-order valence-corrected chi connectivity index (χ1v) is 8.48. The van der Waals surface area contributed by atoms with E-state index in [-0.39, 0.29) is 12.1 Å². The van der Waals surface area contributed by atoms with Crippen LogP contribution in [0.4, 0.5) is 0 Å². The van der Waals surface area contributed by atoms with Crippen LogP contribution in [0.1, 0.15) is 84.0 Å². The first-order chi connectivity index (χ1) is 9.76. The molecule has 0 unspecified atom stereocenters. The van der Waals surface area contributed by atoms with Gasteiger partial charge in [0.1, 0.15) is 0 Å².